The van der Waals surface area contributed by atoms with Crippen LogP contribution in [0.3, 0.4) is 0 Å². The monoisotopic (exact) mass is 415 g/mol. The number of carbonyl (C=O) groups is 3. The summed E-state index contributed by atoms with van der Waals surface area (Å²) in [6, 6.07) is -1.10. The lowest BCUT2D eigenvalue weighted by molar-refractivity contribution is -0.151. The molecule has 0 aliphatic rings. The van der Waals surface area contributed by atoms with Gasteiger partial charge in [-0.2, -0.15) is 0 Å². The fraction of sp³-hybridized carbons (Fsp3) is 0.750. The smallest absolute Gasteiger partial charge is 0.417 e. The van der Waals surface area contributed by atoms with Crippen molar-refractivity contribution in [3.63, 3.8) is 0 Å². The Balaban J connectivity index is 5.23. The molecular formula is C20H37NO6Si. The number of hydrogen-bond donors (Lipinski definition) is 0. The Kier molecular flexibility index (Phi) is 9.59. The highest BCUT2D eigenvalue weighted by atomic mass is 28.4. The van der Waals surface area contributed by atoms with E-state index in [-0.39, 0.29) is 11.5 Å². The molecule has 0 saturated heterocycles. The van der Waals surface area contributed by atoms with Gasteiger partial charge < -0.3 is 13.9 Å². The van der Waals surface area contributed by atoms with Crippen LogP contribution in [0.4, 0.5) is 4.79 Å². The highest BCUT2D eigenvalue weighted by Crippen LogP contribution is 2.36. The van der Waals surface area contributed by atoms with Gasteiger partial charge in [-0.05, 0) is 45.3 Å². The molecule has 0 saturated carbocycles. The summed E-state index contributed by atoms with van der Waals surface area (Å²) < 4.78 is 16.1. The zero-order valence-electron chi connectivity index (χ0n) is 19.0. The fourth-order valence-corrected chi connectivity index (χ4v) is 2.94. The molecule has 1 atom stereocenters. The second kappa shape index (κ2) is 10.2. The summed E-state index contributed by atoms with van der Waals surface area (Å²) in [7, 11) is -0.661. The molecule has 162 valence electrons. The molecule has 8 heteroatoms. The topological polar surface area (TPSA) is 82.1 Å². The number of carbonyl (C=O) groups excluding carboxylic acids is 3. The minimum absolute atomic E-state index is 0.0948. The van der Waals surface area contributed by atoms with E-state index >= 15 is 0 Å². The first kappa shape index (κ1) is 26.3. The molecule has 0 bridgehead atoms. The fourth-order valence-electron chi connectivity index (χ4n) is 2.00. The van der Waals surface area contributed by atoms with Crippen LogP contribution in [0.1, 0.15) is 54.9 Å². The number of amides is 2. The molecule has 0 N–H and O–H groups in total. The van der Waals surface area contributed by atoms with E-state index < -0.39 is 37.9 Å². The number of ether oxygens (including phenoxy) is 2. The molecule has 0 aliphatic heterocycles. The van der Waals surface area contributed by atoms with Crippen molar-refractivity contribution in [1.29, 1.82) is 0 Å². The predicted octanol–water partition coefficient (Wildman–Crippen LogP) is 4.28. The van der Waals surface area contributed by atoms with E-state index in [0.29, 0.717) is 6.61 Å². The van der Waals surface area contributed by atoms with Crippen LogP contribution < -0.4 is 0 Å². The normalized spacial score (nSPS) is 13.9. The molecule has 0 spiro atoms. The maximum Gasteiger partial charge on any atom is 0.417 e. The summed E-state index contributed by atoms with van der Waals surface area (Å²) in [5, 5.41) is 0.0948. The number of nitrogens with zero attached hydrogens (tertiary/aromatic N) is 1. The van der Waals surface area contributed by atoms with Crippen molar-refractivity contribution in [2.24, 2.45) is 0 Å². The lowest BCUT2D eigenvalue weighted by atomic mass is 10.1. The molecule has 0 aromatic rings. The Bertz CT molecular complexity index is 586. The van der Waals surface area contributed by atoms with Gasteiger partial charge in [0.25, 0.3) is 0 Å². The van der Waals surface area contributed by atoms with Crippen molar-refractivity contribution < 1.29 is 28.3 Å². The minimum atomic E-state index is -1.88. The lowest BCUT2D eigenvalue weighted by Gasteiger charge is -2.35. The molecule has 0 aromatic carbocycles. The van der Waals surface area contributed by atoms with Gasteiger partial charge in [-0.15, -0.1) is 0 Å². The zero-order valence-corrected chi connectivity index (χ0v) is 20.0. The summed E-state index contributed by atoms with van der Waals surface area (Å²) in [4.78, 5) is 37.5. The van der Waals surface area contributed by atoms with E-state index in [2.05, 4.69) is 33.9 Å². The average molecular weight is 416 g/mol. The third-order valence-corrected chi connectivity index (χ3v) is 9.09. The van der Waals surface area contributed by atoms with Gasteiger partial charge in [-0.25, -0.2) is 14.5 Å². The predicted molar refractivity (Wildman–Crippen MR) is 111 cm³/mol. The summed E-state index contributed by atoms with van der Waals surface area (Å²) >= 11 is 0. The number of imide groups is 1. The lowest BCUT2D eigenvalue weighted by Crippen LogP contribution is -2.49. The van der Waals surface area contributed by atoms with E-state index in [1.165, 1.54) is 14.0 Å². The van der Waals surface area contributed by atoms with Crippen LogP contribution in [0, 0.1) is 0 Å². The van der Waals surface area contributed by atoms with E-state index in [1.54, 1.807) is 32.9 Å². The van der Waals surface area contributed by atoms with Gasteiger partial charge in [-0.3, -0.25) is 4.79 Å². The van der Waals surface area contributed by atoms with E-state index in [4.69, 9.17) is 13.9 Å². The highest BCUT2D eigenvalue weighted by Gasteiger charge is 2.37. The minimum Gasteiger partial charge on any atom is -0.467 e. The number of methoxy groups -OCH3 is 1. The molecule has 0 rings (SSSR count). The molecule has 28 heavy (non-hydrogen) atoms. The second-order valence-electron chi connectivity index (χ2n) is 9.19. The van der Waals surface area contributed by atoms with Gasteiger partial charge in [0.15, 0.2) is 8.32 Å². The third-order valence-electron chi connectivity index (χ3n) is 4.59. The first-order chi connectivity index (χ1) is 12.5. The summed E-state index contributed by atoms with van der Waals surface area (Å²) in [6.07, 6.45) is 2.76. The van der Waals surface area contributed by atoms with E-state index in [9.17, 15) is 14.4 Å². The van der Waals surface area contributed by atoms with Gasteiger partial charge in [0.05, 0.1) is 13.7 Å². The molecule has 0 heterocycles. The Morgan fingerprint density at radius 3 is 1.96 bits per heavy atom. The standard InChI is InChI=1S/C20H37NO6Si/c1-15(22)21(18(24)27-19(2,3)4)16(17(23)25-8)13-11-12-14-26-28(9,10)20(5,6)7/h11-12,16H,13-14H2,1-10H3/b12-11+/t16-/m0/s1. The van der Waals surface area contributed by atoms with Crippen molar-refractivity contribution in [1.82, 2.24) is 4.90 Å². The summed E-state index contributed by atoms with van der Waals surface area (Å²) in [6.45, 7) is 17.4. The SMILES string of the molecule is COC(=O)[C@H](C/C=C/CO[Si](C)(C)C(C)(C)C)N(C(C)=O)C(=O)OC(C)(C)C. The van der Waals surface area contributed by atoms with Crippen LogP contribution in [0.2, 0.25) is 18.1 Å². The third kappa shape index (κ3) is 8.56. The molecule has 0 aliphatic carbocycles. The van der Waals surface area contributed by atoms with Crippen molar-refractivity contribution in [3.05, 3.63) is 12.2 Å². The summed E-state index contributed by atoms with van der Waals surface area (Å²) in [5.74, 6) is -1.27. The van der Waals surface area contributed by atoms with Crippen LogP contribution in [0.5, 0.6) is 0 Å². The van der Waals surface area contributed by atoms with Crippen LogP contribution in [-0.4, -0.2) is 56.5 Å². The Hall–Kier alpha value is -1.67. The number of hydrogen-bond acceptors (Lipinski definition) is 6. The highest BCUT2D eigenvalue weighted by molar-refractivity contribution is 6.74. The van der Waals surface area contributed by atoms with Gasteiger partial charge in [0.1, 0.15) is 11.6 Å². The Morgan fingerprint density at radius 1 is 1.04 bits per heavy atom. The molecule has 2 amide bonds. The first-order valence-corrected chi connectivity index (χ1v) is 12.3. The number of esters is 1. The maximum atomic E-state index is 12.4. The molecule has 0 unspecified atom stereocenters. The van der Waals surface area contributed by atoms with Crippen LogP contribution in [0.15, 0.2) is 12.2 Å². The number of rotatable bonds is 7. The van der Waals surface area contributed by atoms with Crippen molar-refractivity contribution >= 4 is 26.3 Å². The second-order valence-corrected chi connectivity index (χ2v) is 14.0. The first-order valence-electron chi connectivity index (χ1n) is 9.43. The van der Waals surface area contributed by atoms with Crippen LogP contribution in [-0.2, 0) is 23.5 Å². The van der Waals surface area contributed by atoms with Gasteiger partial charge in [0.2, 0.25) is 5.91 Å². The summed E-state index contributed by atoms with van der Waals surface area (Å²) in [5.41, 5.74) is -0.793. The van der Waals surface area contributed by atoms with Gasteiger partial charge in [-0.1, -0.05) is 32.9 Å². The molecule has 7 nitrogen and oxygen atoms in total. The molecule has 0 fully saturated rings. The van der Waals surface area contributed by atoms with Crippen LogP contribution >= 0.6 is 0 Å². The zero-order chi connectivity index (χ0) is 22.3. The van der Waals surface area contributed by atoms with Crippen molar-refractivity contribution in [3.8, 4) is 0 Å². The Morgan fingerprint density at radius 2 is 1.57 bits per heavy atom. The van der Waals surface area contributed by atoms with Crippen LogP contribution in [0.25, 0.3) is 0 Å². The van der Waals surface area contributed by atoms with Crippen molar-refractivity contribution in [2.75, 3.05) is 13.7 Å². The largest absolute Gasteiger partial charge is 0.467 e. The Labute approximate surface area is 170 Å². The van der Waals surface area contributed by atoms with E-state index in [1.807, 2.05) is 0 Å². The molecule has 0 radical (unpaired) electrons. The van der Waals surface area contributed by atoms with Gasteiger partial charge >= 0.3 is 12.1 Å². The quantitative estimate of drug-likeness (QED) is 0.351. The average Bonchev–Trinajstić information content (AvgIpc) is 2.49. The molecule has 0 aromatic heterocycles. The van der Waals surface area contributed by atoms with Gasteiger partial charge in [0, 0.05) is 6.92 Å². The maximum absolute atomic E-state index is 12.4. The van der Waals surface area contributed by atoms with Crippen molar-refractivity contribution in [2.45, 2.75) is 84.7 Å². The van der Waals surface area contributed by atoms with E-state index in [0.717, 1.165) is 4.90 Å². The molecular weight excluding hydrogens is 378 g/mol.